The van der Waals surface area contributed by atoms with Crippen LogP contribution in [-0.2, 0) is 11.8 Å². The third-order valence-electron chi connectivity index (χ3n) is 2.21. The molecule has 1 aromatic heterocycles. The highest BCUT2D eigenvalue weighted by molar-refractivity contribution is 5.95. The lowest BCUT2D eigenvalue weighted by atomic mass is 10.1. The molecule has 4 nitrogen and oxygen atoms in total. The molecule has 0 aliphatic carbocycles. The van der Waals surface area contributed by atoms with Crippen molar-refractivity contribution in [3.05, 3.63) is 18.0 Å². The van der Waals surface area contributed by atoms with Crippen molar-refractivity contribution in [3.63, 3.8) is 0 Å². The van der Waals surface area contributed by atoms with Crippen LogP contribution in [0.25, 0.3) is 0 Å². The zero-order chi connectivity index (χ0) is 10.6. The Morgan fingerprint density at radius 1 is 1.71 bits per heavy atom. The van der Waals surface area contributed by atoms with Gasteiger partial charge >= 0.3 is 0 Å². The molecule has 0 aliphatic heterocycles. The number of nitrogens with zero attached hydrogens (tertiary/aromatic N) is 2. The first-order chi connectivity index (χ1) is 6.63. The van der Waals surface area contributed by atoms with Gasteiger partial charge in [0.25, 0.3) is 0 Å². The summed E-state index contributed by atoms with van der Waals surface area (Å²) in [7, 11) is 3.45. The Hall–Kier alpha value is -1.16. The lowest BCUT2D eigenvalue weighted by Gasteiger charge is -2.06. The van der Waals surface area contributed by atoms with Gasteiger partial charge in [-0.15, -0.1) is 0 Å². The van der Waals surface area contributed by atoms with Gasteiger partial charge in [-0.2, -0.15) is 5.10 Å². The SMILES string of the molecule is COC(C)CCC(=O)c1cnn(C)c1. The van der Waals surface area contributed by atoms with Crippen LogP contribution in [0.2, 0.25) is 0 Å². The normalized spacial score (nSPS) is 12.8. The van der Waals surface area contributed by atoms with E-state index in [1.165, 1.54) is 0 Å². The first kappa shape index (κ1) is 10.9. The molecule has 1 aromatic rings. The number of carbonyl (C=O) groups excluding carboxylic acids is 1. The van der Waals surface area contributed by atoms with E-state index in [4.69, 9.17) is 4.74 Å². The van der Waals surface area contributed by atoms with E-state index in [1.54, 1.807) is 31.2 Å². The van der Waals surface area contributed by atoms with Crippen LogP contribution in [0.15, 0.2) is 12.4 Å². The predicted octanol–water partition coefficient (Wildman–Crippen LogP) is 1.42. The highest BCUT2D eigenvalue weighted by atomic mass is 16.5. The maximum Gasteiger partial charge on any atom is 0.166 e. The molecule has 0 bridgehead atoms. The molecule has 0 saturated heterocycles. The fourth-order valence-corrected chi connectivity index (χ4v) is 1.16. The van der Waals surface area contributed by atoms with E-state index in [1.807, 2.05) is 6.92 Å². The summed E-state index contributed by atoms with van der Waals surface area (Å²) < 4.78 is 6.70. The summed E-state index contributed by atoms with van der Waals surface area (Å²) in [5, 5.41) is 3.95. The number of carbonyl (C=O) groups is 1. The lowest BCUT2D eigenvalue weighted by molar-refractivity contribution is 0.0877. The fourth-order valence-electron chi connectivity index (χ4n) is 1.16. The number of methoxy groups -OCH3 is 1. The van der Waals surface area contributed by atoms with Gasteiger partial charge in [-0.05, 0) is 13.3 Å². The average molecular weight is 196 g/mol. The van der Waals surface area contributed by atoms with Crippen molar-refractivity contribution in [2.75, 3.05) is 7.11 Å². The maximum absolute atomic E-state index is 11.6. The van der Waals surface area contributed by atoms with Gasteiger partial charge in [0.05, 0.1) is 17.9 Å². The smallest absolute Gasteiger partial charge is 0.166 e. The molecule has 14 heavy (non-hydrogen) atoms. The molecule has 0 saturated carbocycles. The van der Waals surface area contributed by atoms with Crippen molar-refractivity contribution in [2.24, 2.45) is 7.05 Å². The van der Waals surface area contributed by atoms with Crippen LogP contribution in [-0.4, -0.2) is 28.8 Å². The first-order valence-corrected chi connectivity index (χ1v) is 4.68. The number of aryl methyl sites for hydroxylation is 1. The van der Waals surface area contributed by atoms with Crippen molar-refractivity contribution in [1.82, 2.24) is 9.78 Å². The van der Waals surface area contributed by atoms with E-state index < -0.39 is 0 Å². The number of ketones is 1. The summed E-state index contributed by atoms with van der Waals surface area (Å²) >= 11 is 0. The molecular weight excluding hydrogens is 180 g/mol. The summed E-state index contributed by atoms with van der Waals surface area (Å²) in [5.41, 5.74) is 0.677. The number of aromatic nitrogens is 2. The Balaban J connectivity index is 2.43. The van der Waals surface area contributed by atoms with Crippen LogP contribution in [0.1, 0.15) is 30.1 Å². The molecule has 0 N–H and O–H groups in total. The van der Waals surface area contributed by atoms with Crippen molar-refractivity contribution < 1.29 is 9.53 Å². The molecule has 1 heterocycles. The number of hydrogen-bond donors (Lipinski definition) is 0. The minimum absolute atomic E-state index is 0.127. The average Bonchev–Trinajstić information content (AvgIpc) is 2.60. The summed E-state index contributed by atoms with van der Waals surface area (Å²) in [6.45, 7) is 1.95. The van der Waals surface area contributed by atoms with Gasteiger partial charge in [-0.25, -0.2) is 0 Å². The second-order valence-electron chi connectivity index (χ2n) is 3.41. The van der Waals surface area contributed by atoms with E-state index >= 15 is 0 Å². The molecule has 0 radical (unpaired) electrons. The zero-order valence-electron chi connectivity index (χ0n) is 8.86. The highest BCUT2D eigenvalue weighted by Gasteiger charge is 2.09. The maximum atomic E-state index is 11.6. The van der Waals surface area contributed by atoms with Crippen molar-refractivity contribution in [1.29, 1.82) is 0 Å². The van der Waals surface area contributed by atoms with Crippen LogP contribution < -0.4 is 0 Å². The van der Waals surface area contributed by atoms with Crippen LogP contribution >= 0.6 is 0 Å². The number of Topliss-reactive ketones (excluding diaryl/α,β-unsaturated/α-hetero) is 1. The molecule has 4 heteroatoms. The topological polar surface area (TPSA) is 44.1 Å². The van der Waals surface area contributed by atoms with Gasteiger partial charge in [-0.3, -0.25) is 9.48 Å². The Morgan fingerprint density at radius 3 is 2.93 bits per heavy atom. The zero-order valence-corrected chi connectivity index (χ0v) is 8.86. The number of rotatable bonds is 5. The number of ether oxygens (including phenoxy) is 1. The molecule has 0 amide bonds. The fraction of sp³-hybridized carbons (Fsp3) is 0.600. The molecule has 0 aliphatic rings. The third kappa shape index (κ3) is 2.96. The minimum Gasteiger partial charge on any atom is -0.382 e. The number of hydrogen-bond acceptors (Lipinski definition) is 3. The van der Waals surface area contributed by atoms with Gasteiger partial charge in [0, 0.05) is 26.8 Å². The van der Waals surface area contributed by atoms with E-state index in [0.29, 0.717) is 12.0 Å². The van der Waals surface area contributed by atoms with Crippen molar-refractivity contribution in [2.45, 2.75) is 25.9 Å². The molecule has 78 valence electrons. The molecule has 1 atom stereocenters. The first-order valence-electron chi connectivity index (χ1n) is 4.68. The molecule has 1 unspecified atom stereocenters. The van der Waals surface area contributed by atoms with E-state index in [9.17, 15) is 4.79 Å². The van der Waals surface area contributed by atoms with Gasteiger partial charge < -0.3 is 4.74 Å². The van der Waals surface area contributed by atoms with Crippen LogP contribution in [0, 0.1) is 0 Å². The van der Waals surface area contributed by atoms with Gasteiger partial charge in [0.15, 0.2) is 5.78 Å². The minimum atomic E-state index is 0.127. The summed E-state index contributed by atoms with van der Waals surface area (Å²) in [4.78, 5) is 11.6. The van der Waals surface area contributed by atoms with Crippen molar-refractivity contribution >= 4 is 5.78 Å². The standard InChI is InChI=1S/C10H16N2O2/c1-8(14-3)4-5-10(13)9-6-11-12(2)7-9/h6-8H,4-5H2,1-3H3. The molecule has 0 aromatic carbocycles. The van der Waals surface area contributed by atoms with Gasteiger partial charge in [-0.1, -0.05) is 0 Å². The van der Waals surface area contributed by atoms with Crippen LogP contribution in [0.4, 0.5) is 0 Å². The lowest BCUT2D eigenvalue weighted by Crippen LogP contribution is -2.08. The predicted molar refractivity (Wildman–Crippen MR) is 53.2 cm³/mol. The molecular formula is C10H16N2O2. The van der Waals surface area contributed by atoms with E-state index in [0.717, 1.165) is 6.42 Å². The second kappa shape index (κ2) is 4.91. The Labute approximate surface area is 83.9 Å². The summed E-state index contributed by atoms with van der Waals surface area (Å²) in [5.74, 6) is 0.127. The molecule has 0 fully saturated rings. The monoisotopic (exact) mass is 196 g/mol. The summed E-state index contributed by atoms with van der Waals surface area (Å²) in [6.07, 6.45) is 4.74. The Bertz CT molecular complexity index is 307. The largest absolute Gasteiger partial charge is 0.382 e. The quantitative estimate of drug-likeness (QED) is 0.669. The van der Waals surface area contributed by atoms with E-state index in [2.05, 4.69) is 5.10 Å². The second-order valence-corrected chi connectivity index (χ2v) is 3.41. The highest BCUT2D eigenvalue weighted by Crippen LogP contribution is 2.07. The van der Waals surface area contributed by atoms with Crippen molar-refractivity contribution in [3.8, 4) is 0 Å². The van der Waals surface area contributed by atoms with Gasteiger partial charge in [0.2, 0.25) is 0 Å². The van der Waals surface area contributed by atoms with E-state index in [-0.39, 0.29) is 11.9 Å². The summed E-state index contributed by atoms with van der Waals surface area (Å²) in [6, 6.07) is 0. The Kier molecular flexibility index (Phi) is 3.83. The molecule has 0 spiro atoms. The van der Waals surface area contributed by atoms with Gasteiger partial charge in [0.1, 0.15) is 0 Å². The van der Waals surface area contributed by atoms with Crippen LogP contribution in [0.3, 0.4) is 0 Å². The molecule has 1 rings (SSSR count). The Morgan fingerprint density at radius 2 is 2.43 bits per heavy atom. The third-order valence-corrected chi connectivity index (χ3v) is 2.21. The van der Waals surface area contributed by atoms with Crippen LogP contribution in [0.5, 0.6) is 0 Å².